The lowest BCUT2D eigenvalue weighted by Crippen LogP contribution is -1.94. The van der Waals surface area contributed by atoms with Crippen molar-refractivity contribution in [1.29, 1.82) is 0 Å². The van der Waals surface area contributed by atoms with Gasteiger partial charge in [0.1, 0.15) is 5.75 Å². The van der Waals surface area contributed by atoms with E-state index in [9.17, 15) is 0 Å². The molecular weight excluding hydrogens is 218 g/mol. The number of hydrogen-bond donors (Lipinski definition) is 1. The third kappa shape index (κ3) is 3.80. The van der Waals surface area contributed by atoms with Crippen molar-refractivity contribution in [2.45, 2.75) is 12.7 Å². The minimum Gasteiger partial charge on any atom is -0.495 e. The third-order valence-corrected chi connectivity index (χ3v) is 3.01. The number of hydrogen-bond acceptors (Lipinski definition) is 3. The van der Waals surface area contributed by atoms with Crippen molar-refractivity contribution in [2.75, 3.05) is 19.4 Å². The number of thioether (sulfide) groups is 1. The Kier molecular flexibility index (Phi) is 5.84. The quantitative estimate of drug-likeness (QED) is 0.813. The van der Waals surface area contributed by atoms with Gasteiger partial charge >= 0.3 is 0 Å². The number of rotatable bonds is 4. The summed E-state index contributed by atoms with van der Waals surface area (Å²) in [5.74, 6) is 8.83. The summed E-state index contributed by atoms with van der Waals surface area (Å²) in [4.78, 5) is 0. The Hall–Kier alpha value is -1.11. The van der Waals surface area contributed by atoms with Crippen LogP contribution < -0.4 is 10.5 Å². The van der Waals surface area contributed by atoms with Gasteiger partial charge in [-0.25, -0.2) is 0 Å². The average molecular weight is 235 g/mol. The van der Waals surface area contributed by atoms with Crippen LogP contribution in [0.2, 0.25) is 0 Å². The van der Waals surface area contributed by atoms with E-state index in [1.54, 1.807) is 7.11 Å². The summed E-state index contributed by atoms with van der Waals surface area (Å²) in [6.45, 7) is 2.53. The Bertz CT molecular complexity index is 393. The maximum Gasteiger partial charge on any atom is 0.134 e. The van der Waals surface area contributed by atoms with Gasteiger partial charge in [-0.05, 0) is 23.4 Å². The fourth-order valence-electron chi connectivity index (χ4n) is 1.31. The first-order valence-corrected chi connectivity index (χ1v) is 6.40. The molecule has 0 bridgehead atoms. The van der Waals surface area contributed by atoms with Crippen LogP contribution >= 0.6 is 11.8 Å². The Balaban J connectivity index is 2.92. The Morgan fingerprint density at radius 2 is 2.25 bits per heavy atom. The molecule has 2 N–H and O–H groups in total. The summed E-state index contributed by atoms with van der Waals surface area (Å²) < 4.78 is 5.25. The van der Waals surface area contributed by atoms with Gasteiger partial charge in [0.15, 0.2) is 0 Å². The summed E-state index contributed by atoms with van der Waals surface area (Å²) in [6, 6.07) is 6.12. The molecule has 0 aromatic heterocycles. The lowest BCUT2D eigenvalue weighted by atomic mass is 10.1. The van der Waals surface area contributed by atoms with E-state index in [4.69, 9.17) is 10.5 Å². The summed E-state index contributed by atoms with van der Waals surface area (Å²) >= 11 is 1.89. The predicted molar refractivity (Wildman–Crippen MR) is 70.8 cm³/mol. The van der Waals surface area contributed by atoms with Crippen molar-refractivity contribution in [3.8, 4) is 17.6 Å². The van der Waals surface area contributed by atoms with Crippen molar-refractivity contribution in [1.82, 2.24) is 0 Å². The van der Waals surface area contributed by atoms with Crippen molar-refractivity contribution < 1.29 is 4.74 Å². The van der Waals surface area contributed by atoms with Gasteiger partial charge in [0.25, 0.3) is 0 Å². The van der Waals surface area contributed by atoms with Gasteiger partial charge in [-0.3, -0.25) is 0 Å². The minimum absolute atomic E-state index is 0.372. The van der Waals surface area contributed by atoms with Gasteiger partial charge in [0, 0.05) is 5.75 Å². The highest BCUT2D eigenvalue weighted by Crippen LogP contribution is 2.21. The zero-order valence-corrected chi connectivity index (χ0v) is 10.6. The van der Waals surface area contributed by atoms with Crippen LogP contribution in [0.4, 0.5) is 0 Å². The molecule has 0 unspecified atom stereocenters. The Morgan fingerprint density at radius 3 is 2.88 bits per heavy atom. The molecule has 0 aliphatic carbocycles. The van der Waals surface area contributed by atoms with E-state index in [0.29, 0.717) is 6.54 Å². The summed E-state index contributed by atoms with van der Waals surface area (Å²) in [6.07, 6.45) is 0. The van der Waals surface area contributed by atoms with Crippen molar-refractivity contribution in [3.05, 3.63) is 29.3 Å². The van der Waals surface area contributed by atoms with Gasteiger partial charge in [0.05, 0.1) is 19.2 Å². The molecule has 2 nitrogen and oxygen atoms in total. The second-order valence-electron chi connectivity index (χ2n) is 3.18. The van der Waals surface area contributed by atoms with Crippen LogP contribution in [0.3, 0.4) is 0 Å². The first-order valence-electron chi connectivity index (χ1n) is 5.25. The topological polar surface area (TPSA) is 35.2 Å². The van der Waals surface area contributed by atoms with E-state index in [2.05, 4.69) is 30.9 Å². The highest BCUT2D eigenvalue weighted by molar-refractivity contribution is 7.98. The molecule has 1 aromatic carbocycles. The normalized spacial score (nSPS) is 9.44. The van der Waals surface area contributed by atoms with Crippen molar-refractivity contribution in [2.24, 2.45) is 5.73 Å². The lowest BCUT2D eigenvalue weighted by molar-refractivity contribution is 0.413. The second kappa shape index (κ2) is 7.21. The van der Waals surface area contributed by atoms with E-state index >= 15 is 0 Å². The van der Waals surface area contributed by atoms with E-state index < -0.39 is 0 Å². The molecule has 0 saturated carbocycles. The number of methoxy groups -OCH3 is 1. The molecule has 0 heterocycles. The van der Waals surface area contributed by atoms with Gasteiger partial charge in [-0.2, -0.15) is 11.8 Å². The fraction of sp³-hybridized carbons (Fsp3) is 0.385. The highest BCUT2D eigenvalue weighted by atomic mass is 32.2. The van der Waals surface area contributed by atoms with Gasteiger partial charge in [-0.15, -0.1) is 0 Å². The molecule has 16 heavy (non-hydrogen) atoms. The summed E-state index contributed by atoms with van der Waals surface area (Å²) in [5.41, 5.74) is 7.56. The average Bonchev–Trinajstić information content (AvgIpc) is 2.33. The van der Waals surface area contributed by atoms with Crippen LogP contribution in [0.5, 0.6) is 5.75 Å². The largest absolute Gasteiger partial charge is 0.495 e. The smallest absolute Gasteiger partial charge is 0.134 e. The second-order valence-corrected chi connectivity index (χ2v) is 4.45. The van der Waals surface area contributed by atoms with Gasteiger partial charge in [-0.1, -0.05) is 24.8 Å². The first-order chi connectivity index (χ1) is 7.81. The minimum atomic E-state index is 0.372. The molecule has 0 radical (unpaired) electrons. The van der Waals surface area contributed by atoms with Crippen LogP contribution in [0.15, 0.2) is 18.2 Å². The van der Waals surface area contributed by atoms with E-state index in [0.717, 1.165) is 22.8 Å². The Morgan fingerprint density at radius 1 is 1.44 bits per heavy atom. The fourth-order valence-corrected chi connectivity index (χ4v) is 1.93. The first kappa shape index (κ1) is 13.0. The molecule has 86 valence electrons. The zero-order valence-electron chi connectivity index (χ0n) is 9.75. The lowest BCUT2D eigenvalue weighted by Gasteiger charge is -2.06. The van der Waals surface area contributed by atoms with E-state index in [1.165, 1.54) is 5.56 Å². The molecule has 0 spiro atoms. The van der Waals surface area contributed by atoms with Gasteiger partial charge < -0.3 is 10.5 Å². The molecule has 3 heteroatoms. The summed E-state index contributed by atoms with van der Waals surface area (Å²) in [7, 11) is 1.66. The van der Waals surface area contributed by atoms with Crippen LogP contribution in [-0.4, -0.2) is 19.4 Å². The maximum absolute atomic E-state index is 5.37. The van der Waals surface area contributed by atoms with Crippen molar-refractivity contribution in [3.63, 3.8) is 0 Å². The third-order valence-electron chi connectivity index (χ3n) is 2.06. The number of benzene rings is 1. The predicted octanol–water partition coefficient (Wildman–Crippen LogP) is 2.26. The molecule has 1 aromatic rings. The molecule has 0 aliphatic heterocycles. The summed E-state index contributed by atoms with van der Waals surface area (Å²) in [5, 5.41) is 0. The van der Waals surface area contributed by atoms with Crippen LogP contribution in [0.25, 0.3) is 0 Å². The molecular formula is C13H17NOS. The molecule has 0 fully saturated rings. The number of nitrogens with two attached hydrogens (primary N) is 1. The van der Waals surface area contributed by atoms with Crippen LogP contribution in [0, 0.1) is 11.8 Å². The standard InChI is InChI=1S/C13H17NOS/c1-3-16-10-11-6-7-13(15-2)12(9-11)5-4-8-14/h6-7,9H,3,8,10,14H2,1-2H3. The van der Waals surface area contributed by atoms with Gasteiger partial charge in [0.2, 0.25) is 0 Å². The van der Waals surface area contributed by atoms with Crippen LogP contribution in [-0.2, 0) is 5.75 Å². The highest BCUT2D eigenvalue weighted by Gasteiger charge is 2.01. The Labute approximate surface area is 102 Å². The molecule has 0 aliphatic rings. The van der Waals surface area contributed by atoms with Crippen LogP contribution in [0.1, 0.15) is 18.1 Å². The molecule has 0 atom stereocenters. The maximum atomic E-state index is 5.37. The van der Waals surface area contributed by atoms with Crippen molar-refractivity contribution >= 4 is 11.8 Å². The zero-order chi connectivity index (χ0) is 11.8. The molecule has 0 amide bonds. The number of ether oxygens (including phenoxy) is 1. The van der Waals surface area contributed by atoms with E-state index in [-0.39, 0.29) is 0 Å². The molecule has 1 rings (SSSR count). The monoisotopic (exact) mass is 235 g/mol. The molecule has 0 saturated heterocycles. The SMILES string of the molecule is CCSCc1ccc(OC)c(C#CCN)c1. The van der Waals surface area contributed by atoms with E-state index in [1.807, 2.05) is 17.8 Å².